The van der Waals surface area contributed by atoms with Gasteiger partial charge in [-0.25, -0.2) is 13.1 Å². The maximum atomic E-state index is 13.0. The monoisotopic (exact) mass is 440 g/mol. The SMILES string of the molecule is O=S(=O)(NC[C@@H](c1ccsc1)N1CCCCCC1)c1ccc(-c2ccccc2)cc1. The fourth-order valence-corrected chi connectivity index (χ4v) is 5.80. The van der Waals surface area contributed by atoms with Crippen molar-refractivity contribution < 1.29 is 8.42 Å². The molecule has 0 aliphatic carbocycles. The number of hydrogen-bond donors (Lipinski definition) is 1. The molecule has 1 saturated heterocycles. The van der Waals surface area contributed by atoms with Crippen LogP contribution in [0.1, 0.15) is 37.3 Å². The number of nitrogens with zero attached hydrogens (tertiary/aromatic N) is 1. The van der Waals surface area contributed by atoms with Crippen molar-refractivity contribution in [3.8, 4) is 11.1 Å². The average molecular weight is 441 g/mol. The second-order valence-corrected chi connectivity index (χ2v) is 10.3. The summed E-state index contributed by atoms with van der Waals surface area (Å²) in [6, 6.07) is 19.3. The summed E-state index contributed by atoms with van der Waals surface area (Å²) < 4.78 is 28.8. The quantitative estimate of drug-likeness (QED) is 0.542. The number of nitrogens with one attached hydrogen (secondary N) is 1. The molecule has 2 heterocycles. The fraction of sp³-hybridized carbons (Fsp3) is 0.333. The van der Waals surface area contributed by atoms with E-state index in [4.69, 9.17) is 0 Å². The molecule has 158 valence electrons. The van der Waals surface area contributed by atoms with Crippen molar-refractivity contribution in [3.63, 3.8) is 0 Å². The van der Waals surface area contributed by atoms with Crippen LogP contribution in [0.4, 0.5) is 0 Å². The number of hydrogen-bond acceptors (Lipinski definition) is 4. The lowest BCUT2D eigenvalue weighted by Gasteiger charge is -2.30. The van der Waals surface area contributed by atoms with Crippen molar-refractivity contribution >= 4 is 21.4 Å². The van der Waals surface area contributed by atoms with E-state index in [1.807, 2.05) is 42.5 Å². The standard InChI is InChI=1S/C24H28N2O2S2/c27-30(28,23-12-10-21(11-13-23)20-8-4-3-5-9-20)25-18-24(22-14-17-29-19-22)26-15-6-1-2-7-16-26/h3-5,8-14,17,19,24-25H,1-2,6-7,15-16,18H2/t24-/m0/s1. The zero-order valence-electron chi connectivity index (χ0n) is 17.0. The van der Waals surface area contributed by atoms with Gasteiger partial charge in [0.15, 0.2) is 0 Å². The Morgan fingerprint density at radius 3 is 2.17 bits per heavy atom. The summed E-state index contributed by atoms with van der Waals surface area (Å²) in [5.74, 6) is 0. The molecule has 1 N–H and O–H groups in total. The van der Waals surface area contributed by atoms with E-state index in [2.05, 4.69) is 26.4 Å². The normalized spacial score (nSPS) is 16.8. The van der Waals surface area contributed by atoms with Crippen molar-refractivity contribution in [1.82, 2.24) is 9.62 Å². The second-order valence-electron chi connectivity index (χ2n) is 7.76. The first-order chi connectivity index (χ1) is 14.6. The Morgan fingerprint density at radius 2 is 1.53 bits per heavy atom. The molecular weight excluding hydrogens is 412 g/mol. The summed E-state index contributed by atoms with van der Waals surface area (Å²) in [4.78, 5) is 2.75. The third kappa shape index (κ3) is 5.19. The number of benzene rings is 2. The Hall–Kier alpha value is -1.99. The lowest BCUT2D eigenvalue weighted by atomic mass is 10.1. The number of likely N-dealkylation sites (tertiary alicyclic amines) is 1. The predicted molar refractivity (Wildman–Crippen MR) is 124 cm³/mol. The summed E-state index contributed by atoms with van der Waals surface area (Å²) >= 11 is 1.66. The van der Waals surface area contributed by atoms with Crippen molar-refractivity contribution in [2.75, 3.05) is 19.6 Å². The van der Waals surface area contributed by atoms with Crippen LogP contribution >= 0.6 is 11.3 Å². The van der Waals surface area contributed by atoms with Crippen LogP contribution in [0.15, 0.2) is 76.3 Å². The van der Waals surface area contributed by atoms with E-state index in [1.54, 1.807) is 23.5 Å². The molecule has 0 unspecified atom stereocenters. The van der Waals surface area contributed by atoms with Gasteiger partial charge in [0.05, 0.1) is 4.90 Å². The summed E-state index contributed by atoms with van der Waals surface area (Å²) in [7, 11) is -3.57. The highest BCUT2D eigenvalue weighted by molar-refractivity contribution is 7.89. The van der Waals surface area contributed by atoms with Gasteiger partial charge in [-0.3, -0.25) is 4.90 Å². The van der Waals surface area contributed by atoms with Crippen molar-refractivity contribution in [1.29, 1.82) is 0 Å². The molecule has 1 aliphatic rings. The number of rotatable bonds is 7. The predicted octanol–water partition coefficient (Wildman–Crippen LogP) is 5.31. The van der Waals surface area contributed by atoms with Crippen LogP contribution < -0.4 is 4.72 Å². The second kappa shape index (κ2) is 9.88. The van der Waals surface area contributed by atoms with Gasteiger partial charge in [0.25, 0.3) is 0 Å². The van der Waals surface area contributed by atoms with Crippen molar-refractivity contribution in [2.45, 2.75) is 36.6 Å². The molecule has 2 aromatic carbocycles. The van der Waals surface area contributed by atoms with E-state index >= 15 is 0 Å². The van der Waals surface area contributed by atoms with E-state index in [-0.39, 0.29) is 6.04 Å². The van der Waals surface area contributed by atoms with Crippen LogP contribution in [0.2, 0.25) is 0 Å². The molecular formula is C24H28N2O2S2. The third-order valence-corrected chi connectivity index (χ3v) is 7.89. The van der Waals surface area contributed by atoms with E-state index in [9.17, 15) is 8.42 Å². The molecule has 6 heteroatoms. The molecule has 3 aromatic rings. The Labute approximate surface area is 183 Å². The maximum Gasteiger partial charge on any atom is 0.240 e. The number of thiophene rings is 1. The van der Waals surface area contributed by atoms with Crippen LogP contribution in [0.5, 0.6) is 0 Å². The van der Waals surface area contributed by atoms with Gasteiger partial charge in [-0.2, -0.15) is 11.3 Å². The van der Waals surface area contributed by atoms with E-state index < -0.39 is 10.0 Å². The maximum absolute atomic E-state index is 13.0. The first-order valence-corrected chi connectivity index (χ1v) is 13.0. The minimum Gasteiger partial charge on any atom is -0.295 e. The lowest BCUT2D eigenvalue weighted by Crippen LogP contribution is -2.38. The molecule has 1 fully saturated rings. The molecule has 1 aliphatic heterocycles. The summed E-state index contributed by atoms with van der Waals surface area (Å²) in [5, 5.41) is 4.20. The molecule has 4 nitrogen and oxygen atoms in total. The van der Waals surface area contributed by atoms with Crippen LogP contribution in [0.3, 0.4) is 0 Å². The van der Waals surface area contributed by atoms with Gasteiger partial charge in [-0.1, -0.05) is 55.3 Å². The van der Waals surface area contributed by atoms with Crippen LogP contribution in [0.25, 0.3) is 11.1 Å². The largest absolute Gasteiger partial charge is 0.295 e. The first-order valence-electron chi connectivity index (χ1n) is 10.5. The topological polar surface area (TPSA) is 49.4 Å². The molecule has 30 heavy (non-hydrogen) atoms. The Morgan fingerprint density at radius 1 is 0.867 bits per heavy atom. The highest BCUT2D eigenvalue weighted by atomic mass is 32.2. The van der Waals surface area contributed by atoms with Gasteiger partial charge in [-0.15, -0.1) is 0 Å². The van der Waals surface area contributed by atoms with Gasteiger partial charge in [0.1, 0.15) is 0 Å². The minimum absolute atomic E-state index is 0.0766. The summed E-state index contributed by atoms with van der Waals surface area (Å²) in [6.45, 7) is 2.43. The van der Waals surface area contributed by atoms with Crippen molar-refractivity contribution in [2.24, 2.45) is 0 Å². The average Bonchev–Trinajstić information content (AvgIpc) is 3.17. The van der Waals surface area contributed by atoms with Crippen LogP contribution in [-0.2, 0) is 10.0 Å². The Balaban J connectivity index is 1.48. The summed E-state index contributed by atoms with van der Waals surface area (Å²) in [5.41, 5.74) is 3.28. The molecule has 0 radical (unpaired) electrons. The van der Waals surface area contributed by atoms with Gasteiger partial charge < -0.3 is 0 Å². The third-order valence-electron chi connectivity index (χ3n) is 5.75. The number of sulfonamides is 1. The van der Waals surface area contributed by atoms with Gasteiger partial charge >= 0.3 is 0 Å². The van der Waals surface area contributed by atoms with E-state index in [1.165, 1.54) is 31.2 Å². The van der Waals surface area contributed by atoms with Gasteiger partial charge in [0.2, 0.25) is 10.0 Å². The molecule has 0 bridgehead atoms. The molecule has 0 spiro atoms. The van der Waals surface area contributed by atoms with E-state index in [0.717, 1.165) is 24.2 Å². The molecule has 1 atom stereocenters. The Bertz CT molecular complexity index is 1010. The van der Waals surface area contributed by atoms with Crippen LogP contribution in [-0.4, -0.2) is 33.0 Å². The van der Waals surface area contributed by atoms with Gasteiger partial charge in [-0.05, 0) is 71.6 Å². The zero-order valence-corrected chi connectivity index (χ0v) is 18.7. The highest BCUT2D eigenvalue weighted by Crippen LogP contribution is 2.26. The van der Waals surface area contributed by atoms with Crippen molar-refractivity contribution in [3.05, 3.63) is 77.0 Å². The zero-order chi connectivity index (χ0) is 20.8. The fourth-order valence-electron chi connectivity index (χ4n) is 4.06. The summed E-state index contributed by atoms with van der Waals surface area (Å²) in [6.07, 6.45) is 4.86. The Kier molecular flexibility index (Phi) is 7.00. The van der Waals surface area contributed by atoms with Crippen LogP contribution in [0, 0.1) is 0 Å². The van der Waals surface area contributed by atoms with E-state index in [0.29, 0.717) is 11.4 Å². The highest BCUT2D eigenvalue weighted by Gasteiger charge is 2.24. The molecule has 4 rings (SSSR count). The van der Waals surface area contributed by atoms with Gasteiger partial charge in [0, 0.05) is 12.6 Å². The lowest BCUT2D eigenvalue weighted by molar-refractivity contribution is 0.206. The molecule has 0 amide bonds. The molecule has 1 aromatic heterocycles. The molecule has 0 saturated carbocycles. The smallest absolute Gasteiger partial charge is 0.240 e. The minimum atomic E-state index is -3.57. The first kappa shape index (κ1) is 21.2.